The van der Waals surface area contributed by atoms with Crippen molar-refractivity contribution >= 4 is 5.71 Å². The molecule has 314 valence electrons. The summed E-state index contributed by atoms with van der Waals surface area (Å²) in [6.45, 7) is 39.8. The third-order valence-electron chi connectivity index (χ3n) is 11.2. The molecule has 57 heavy (non-hydrogen) atoms. The lowest BCUT2D eigenvalue weighted by Crippen LogP contribution is -2.40. The number of hydrazine groups is 1. The molecule has 3 aromatic rings. The number of nitrogens with one attached hydrogen (secondary N) is 1. The van der Waals surface area contributed by atoms with E-state index in [1.54, 1.807) is 5.12 Å². The summed E-state index contributed by atoms with van der Waals surface area (Å²) in [5.41, 5.74) is 14.0. The van der Waals surface area contributed by atoms with Crippen molar-refractivity contribution in [3.05, 3.63) is 116 Å². The Hall–Kier alpha value is -3.45. The van der Waals surface area contributed by atoms with Crippen molar-refractivity contribution in [1.29, 1.82) is 0 Å². The zero-order valence-electron chi connectivity index (χ0n) is 38.9. The molecular formula is C51H77N3O3. The van der Waals surface area contributed by atoms with E-state index in [9.17, 15) is 15.3 Å². The quantitative estimate of drug-likeness (QED) is 0.174. The van der Waals surface area contributed by atoms with Gasteiger partial charge >= 0.3 is 0 Å². The lowest BCUT2D eigenvalue weighted by molar-refractivity contribution is 0.0855. The highest BCUT2D eigenvalue weighted by Gasteiger charge is 2.28. The number of aliphatic hydroxyl groups is 3. The van der Waals surface area contributed by atoms with Crippen LogP contribution in [-0.4, -0.2) is 32.7 Å². The Balaban J connectivity index is 1.76. The van der Waals surface area contributed by atoms with Gasteiger partial charge in [0.2, 0.25) is 0 Å². The van der Waals surface area contributed by atoms with Gasteiger partial charge in [0.05, 0.1) is 24.5 Å². The zero-order chi connectivity index (χ0) is 43.3. The summed E-state index contributed by atoms with van der Waals surface area (Å²) in [5, 5.41) is 42.4. The normalized spacial score (nSPS) is 16.5. The Labute approximate surface area is 346 Å². The van der Waals surface area contributed by atoms with Gasteiger partial charge in [-0.15, -0.1) is 0 Å². The third-order valence-corrected chi connectivity index (χ3v) is 11.2. The van der Waals surface area contributed by atoms with Crippen LogP contribution in [0.4, 0.5) is 0 Å². The van der Waals surface area contributed by atoms with Crippen LogP contribution in [0.3, 0.4) is 0 Å². The van der Waals surface area contributed by atoms with Gasteiger partial charge in [-0.25, -0.2) is 5.12 Å². The third kappa shape index (κ3) is 12.3. The van der Waals surface area contributed by atoms with E-state index in [0.29, 0.717) is 12.1 Å². The fraction of sp³-hybridized carbons (Fsp3) is 0.588. The molecule has 6 heteroatoms. The van der Waals surface area contributed by atoms with E-state index in [0.717, 1.165) is 22.4 Å². The number of β-amino-alcohol motifs (C(OH)–C–C–N with tert-alkyl or cyclic N) is 1. The molecule has 4 rings (SSSR count). The highest BCUT2D eigenvalue weighted by atomic mass is 16.3. The van der Waals surface area contributed by atoms with Crippen LogP contribution in [0.2, 0.25) is 0 Å². The SMILES string of the molecule is CC(C)(C)c1cc(C(O)CC2=CC(CC(O)c3cc(C(C)(C)C)cc(C(C)(C)C)c3)=NN(CC(O)c3cc(C(C)(C)C)cc(C(C)(C)C)c3)N2)cc(C(C)(C)C)c1. The topological polar surface area (TPSA) is 88.3 Å². The van der Waals surface area contributed by atoms with Gasteiger partial charge in [0, 0.05) is 18.5 Å². The van der Waals surface area contributed by atoms with Crippen LogP contribution in [0.1, 0.15) is 206 Å². The minimum Gasteiger partial charge on any atom is -0.388 e. The van der Waals surface area contributed by atoms with Gasteiger partial charge in [0.25, 0.3) is 0 Å². The van der Waals surface area contributed by atoms with Crippen molar-refractivity contribution in [1.82, 2.24) is 10.5 Å². The molecule has 0 radical (unpaired) electrons. The fourth-order valence-corrected chi connectivity index (χ4v) is 6.94. The Kier molecular flexibility index (Phi) is 13.2. The first-order valence-electron chi connectivity index (χ1n) is 21.1. The number of aliphatic hydroxyl groups excluding tert-OH is 3. The summed E-state index contributed by atoms with van der Waals surface area (Å²) in [6, 6.07) is 19.5. The molecule has 4 N–H and O–H groups in total. The van der Waals surface area contributed by atoms with Crippen LogP contribution >= 0.6 is 0 Å². The van der Waals surface area contributed by atoms with Crippen molar-refractivity contribution in [2.24, 2.45) is 5.10 Å². The first-order valence-corrected chi connectivity index (χ1v) is 21.1. The molecule has 0 spiro atoms. The maximum Gasteiger partial charge on any atom is 0.100 e. The second-order valence-corrected chi connectivity index (χ2v) is 22.9. The molecule has 6 nitrogen and oxygen atoms in total. The average Bonchev–Trinajstić information content (AvgIpc) is 3.05. The first kappa shape index (κ1) is 46.2. The molecule has 1 aliphatic heterocycles. The Morgan fingerprint density at radius 2 is 0.719 bits per heavy atom. The van der Waals surface area contributed by atoms with E-state index in [4.69, 9.17) is 5.10 Å². The Morgan fingerprint density at radius 3 is 1.02 bits per heavy atom. The average molecular weight is 780 g/mol. The Bertz CT molecular complexity index is 1850. The van der Waals surface area contributed by atoms with Crippen molar-refractivity contribution in [3.63, 3.8) is 0 Å². The second-order valence-electron chi connectivity index (χ2n) is 22.9. The van der Waals surface area contributed by atoms with E-state index >= 15 is 0 Å². The van der Waals surface area contributed by atoms with Crippen LogP contribution in [0.25, 0.3) is 0 Å². The molecule has 3 unspecified atom stereocenters. The summed E-state index contributed by atoms with van der Waals surface area (Å²) < 4.78 is 0. The molecule has 0 saturated carbocycles. The lowest BCUT2D eigenvalue weighted by Gasteiger charge is -2.32. The van der Waals surface area contributed by atoms with Gasteiger partial charge in [-0.3, -0.25) is 5.43 Å². The molecular weight excluding hydrogens is 703 g/mol. The largest absolute Gasteiger partial charge is 0.388 e. The standard InChI is InChI=1S/C51H77N3O3/c1-46(2,3)35-19-32(20-36(25-35)47(4,5)6)43(55)29-41-28-42(30-44(56)33-21-37(48(7,8)9)26-38(22-33)49(10,11)12)53-54(52-41)31-45(57)34-23-39(50(13,14)15)27-40(24-34)51(16,17)18/h19-28,43-45,52,55-57H,29-31H2,1-18H3. The van der Waals surface area contributed by atoms with E-state index in [1.807, 2.05) is 6.08 Å². The van der Waals surface area contributed by atoms with Crippen LogP contribution < -0.4 is 5.43 Å². The number of nitrogens with zero attached hydrogens (tertiary/aromatic N) is 2. The summed E-state index contributed by atoms with van der Waals surface area (Å²) in [4.78, 5) is 0. The fourth-order valence-electron chi connectivity index (χ4n) is 6.94. The van der Waals surface area contributed by atoms with E-state index in [2.05, 4.69) is 185 Å². The van der Waals surface area contributed by atoms with Crippen molar-refractivity contribution in [2.45, 2.75) is 188 Å². The molecule has 0 amide bonds. The predicted molar refractivity (Wildman–Crippen MR) is 241 cm³/mol. The number of hydrogen-bond donors (Lipinski definition) is 4. The maximum absolute atomic E-state index is 11.9. The van der Waals surface area contributed by atoms with Crippen LogP contribution in [0.15, 0.2) is 71.5 Å². The van der Waals surface area contributed by atoms with Crippen LogP contribution in [0.5, 0.6) is 0 Å². The van der Waals surface area contributed by atoms with Crippen molar-refractivity contribution in [2.75, 3.05) is 6.54 Å². The lowest BCUT2D eigenvalue weighted by atomic mass is 9.78. The molecule has 0 bridgehead atoms. The molecule has 0 saturated heterocycles. The van der Waals surface area contributed by atoms with Gasteiger partial charge < -0.3 is 15.3 Å². The van der Waals surface area contributed by atoms with Gasteiger partial charge in [-0.05, 0) is 88.6 Å². The Morgan fingerprint density at radius 1 is 0.439 bits per heavy atom. The summed E-state index contributed by atoms with van der Waals surface area (Å²) in [6.07, 6.45) is 0.0841. The molecule has 0 aliphatic carbocycles. The van der Waals surface area contributed by atoms with Gasteiger partial charge in [-0.2, -0.15) is 5.10 Å². The highest BCUT2D eigenvalue weighted by Crippen LogP contribution is 2.37. The second kappa shape index (κ2) is 16.3. The number of rotatable bonds is 9. The van der Waals surface area contributed by atoms with Gasteiger partial charge in [0.15, 0.2) is 0 Å². The number of hydrazone groups is 1. The van der Waals surface area contributed by atoms with Gasteiger partial charge in [0.1, 0.15) is 6.10 Å². The monoisotopic (exact) mass is 780 g/mol. The predicted octanol–water partition coefficient (Wildman–Crippen LogP) is 11.8. The molecule has 3 aromatic carbocycles. The molecule has 0 aromatic heterocycles. The zero-order valence-corrected chi connectivity index (χ0v) is 38.9. The minimum absolute atomic E-state index is 0.0880. The van der Waals surface area contributed by atoms with Gasteiger partial charge in [-0.1, -0.05) is 179 Å². The maximum atomic E-state index is 11.9. The van der Waals surface area contributed by atoms with E-state index in [-0.39, 0.29) is 45.5 Å². The molecule has 0 fully saturated rings. The first-order chi connectivity index (χ1) is 25.7. The van der Waals surface area contributed by atoms with Crippen molar-refractivity contribution in [3.8, 4) is 0 Å². The van der Waals surface area contributed by atoms with Crippen molar-refractivity contribution < 1.29 is 15.3 Å². The van der Waals surface area contributed by atoms with E-state index in [1.165, 1.54) is 33.4 Å². The van der Waals surface area contributed by atoms with E-state index < -0.39 is 18.3 Å². The van der Waals surface area contributed by atoms with Crippen LogP contribution in [-0.2, 0) is 32.5 Å². The molecule has 1 aliphatic rings. The number of hydrogen-bond acceptors (Lipinski definition) is 6. The summed E-state index contributed by atoms with van der Waals surface area (Å²) in [5.74, 6) is 0. The number of allylic oxidation sites excluding steroid dienone is 1. The smallest absolute Gasteiger partial charge is 0.100 e. The number of benzene rings is 3. The van der Waals surface area contributed by atoms with Crippen LogP contribution in [0, 0.1) is 0 Å². The minimum atomic E-state index is -0.851. The highest BCUT2D eigenvalue weighted by molar-refractivity contribution is 5.96. The molecule has 1 heterocycles. The summed E-state index contributed by atoms with van der Waals surface area (Å²) >= 11 is 0. The summed E-state index contributed by atoms with van der Waals surface area (Å²) in [7, 11) is 0. The molecule has 3 atom stereocenters.